The number of rotatable bonds is 8. The molecule has 0 saturated heterocycles. The third-order valence-electron chi connectivity index (χ3n) is 6.48. The molecule has 0 bridgehead atoms. The third kappa shape index (κ3) is 5.52. The number of carboxylic acid groups (broad SMARTS) is 1. The van der Waals surface area contributed by atoms with E-state index in [1.54, 1.807) is 56.3 Å². The van der Waals surface area contributed by atoms with Crippen LogP contribution in [0, 0.1) is 17.3 Å². The van der Waals surface area contributed by atoms with Gasteiger partial charge in [-0.05, 0) is 41.7 Å². The fourth-order valence-electron chi connectivity index (χ4n) is 4.25. The zero-order chi connectivity index (χ0) is 25.2. The maximum Gasteiger partial charge on any atom is 0.326 e. The average Bonchev–Trinajstić information content (AvgIpc) is 2.73. The van der Waals surface area contributed by atoms with Gasteiger partial charge in [0, 0.05) is 23.9 Å². The summed E-state index contributed by atoms with van der Waals surface area (Å²) < 4.78 is 0. The van der Waals surface area contributed by atoms with Gasteiger partial charge in [-0.25, -0.2) is 4.79 Å². The molecule has 182 valence electrons. The number of amides is 2. The minimum absolute atomic E-state index is 0.0326. The number of carboxylic acids is 1. The molecule has 3 atom stereocenters. The Kier molecular flexibility index (Phi) is 7.88. The molecule has 0 spiro atoms. The van der Waals surface area contributed by atoms with Gasteiger partial charge in [-0.15, -0.1) is 0 Å². The van der Waals surface area contributed by atoms with Gasteiger partial charge in [-0.2, -0.15) is 0 Å². The summed E-state index contributed by atoms with van der Waals surface area (Å²) in [5.74, 6) is -3.07. The topological polar surface area (TPSA) is 136 Å². The van der Waals surface area contributed by atoms with Gasteiger partial charge in [0.1, 0.15) is 6.04 Å². The first-order chi connectivity index (χ1) is 15.9. The number of aliphatic hydroxyl groups excluding tert-OH is 1. The van der Waals surface area contributed by atoms with Crippen LogP contribution in [-0.4, -0.2) is 45.4 Å². The molecule has 0 aliphatic heterocycles. The summed E-state index contributed by atoms with van der Waals surface area (Å²) in [6.45, 7) is 3.51. The van der Waals surface area contributed by atoms with Crippen LogP contribution in [0.5, 0.6) is 0 Å². The number of halogens is 2. The molecule has 2 aromatic carbocycles. The van der Waals surface area contributed by atoms with Crippen molar-refractivity contribution in [2.45, 2.75) is 39.0 Å². The van der Waals surface area contributed by atoms with Crippen LogP contribution < -0.4 is 10.6 Å². The number of hydrogen-bond acceptors (Lipinski definition) is 5. The lowest BCUT2D eigenvalue weighted by atomic mass is 9.54. The molecule has 10 heteroatoms. The highest BCUT2D eigenvalue weighted by Crippen LogP contribution is 2.52. The lowest BCUT2D eigenvalue weighted by Crippen LogP contribution is -2.58. The van der Waals surface area contributed by atoms with Crippen molar-refractivity contribution in [3.05, 3.63) is 63.6 Å². The van der Waals surface area contributed by atoms with Gasteiger partial charge >= 0.3 is 5.97 Å². The Balaban J connectivity index is 1.63. The summed E-state index contributed by atoms with van der Waals surface area (Å²) in [7, 11) is 0. The van der Waals surface area contributed by atoms with Crippen molar-refractivity contribution in [3.8, 4) is 0 Å². The van der Waals surface area contributed by atoms with E-state index in [0.717, 1.165) is 0 Å². The first-order valence-electron chi connectivity index (χ1n) is 10.7. The lowest BCUT2D eigenvalue weighted by Gasteiger charge is -2.51. The number of hydrogen-bond donors (Lipinski definition) is 5. The first-order valence-corrected chi connectivity index (χ1v) is 11.4. The fraction of sp³-hybridized carbons (Fsp3) is 0.375. The van der Waals surface area contributed by atoms with E-state index in [2.05, 4.69) is 10.6 Å². The minimum atomic E-state index is -1.53. The summed E-state index contributed by atoms with van der Waals surface area (Å²) in [6.07, 6.45) is -1.22. The van der Waals surface area contributed by atoms with E-state index in [1.165, 1.54) is 0 Å². The monoisotopic (exact) mass is 508 g/mol. The molecule has 0 aromatic heterocycles. The first kappa shape index (κ1) is 26.0. The van der Waals surface area contributed by atoms with Crippen molar-refractivity contribution in [2.24, 2.45) is 17.3 Å². The second kappa shape index (κ2) is 10.3. The standard InChI is InChI=1S/C24H26Cl2N2O6/c1-24(2)14(11-15(24)22(31)32)20(29)28-18(23(33)34)10-12-6-8-13(9-7-12)27-21(30)19-16(25)4-3-5-17(19)26/h3-9,14-15,18,22,31-32H,10-11H2,1-2H3,(H,27,30)(H,28,29)(H,33,34). The Hall–Kier alpha value is -2.65. The highest BCUT2D eigenvalue weighted by atomic mass is 35.5. The van der Waals surface area contributed by atoms with Crippen molar-refractivity contribution < 1.29 is 29.7 Å². The van der Waals surface area contributed by atoms with Crippen LogP contribution in [0.1, 0.15) is 36.2 Å². The normalized spacial score (nSPS) is 19.7. The van der Waals surface area contributed by atoms with E-state index < -0.39 is 47.4 Å². The number of carbonyl (C=O) groups is 3. The second-order valence-corrected chi connectivity index (χ2v) is 9.80. The fourth-order valence-corrected chi connectivity index (χ4v) is 4.82. The number of carbonyl (C=O) groups excluding carboxylic acids is 2. The third-order valence-corrected chi connectivity index (χ3v) is 7.11. The molecule has 2 amide bonds. The van der Waals surface area contributed by atoms with E-state index in [0.29, 0.717) is 11.3 Å². The van der Waals surface area contributed by atoms with E-state index >= 15 is 0 Å². The zero-order valence-corrected chi connectivity index (χ0v) is 20.1. The molecule has 2 aromatic rings. The van der Waals surface area contributed by atoms with E-state index in [9.17, 15) is 29.7 Å². The van der Waals surface area contributed by atoms with Gasteiger partial charge in [-0.3, -0.25) is 9.59 Å². The quantitative estimate of drug-likeness (QED) is 0.347. The van der Waals surface area contributed by atoms with Gasteiger partial charge in [0.25, 0.3) is 5.91 Å². The van der Waals surface area contributed by atoms with Crippen LogP contribution in [0.4, 0.5) is 5.69 Å². The maximum absolute atomic E-state index is 12.7. The van der Waals surface area contributed by atoms with Crippen molar-refractivity contribution in [3.63, 3.8) is 0 Å². The molecule has 34 heavy (non-hydrogen) atoms. The molecule has 3 unspecified atom stereocenters. The number of aliphatic carboxylic acids is 1. The molecular weight excluding hydrogens is 483 g/mol. The van der Waals surface area contributed by atoms with Gasteiger partial charge in [0.05, 0.1) is 15.6 Å². The van der Waals surface area contributed by atoms with Crippen LogP contribution in [0.25, 0.3) is 0 Å². The summed E-state index contributed by atoms with van der Waals surface area (Å²) >= 11 is 12.1. The Morgan fingerprint density at radius 3 is 2.15 bits per heavy atom. The van der Waals surface area contributed by atoms with Crippen molar-refractivity contribution >= 4 is 46.7 Å². The predicted octanol–water partition coefficient (Wildman–Crippen LogP) is 3.33. The summed E-state index contributed by atoms with van der Waals surface area (Å²) in [5.41, 5.74) is 0.591. The number of nitrogens with one attached hydrogen (secondary N) is 2. The van der Waals surface area contributed by atoms with Gasteiger partial charge in [-0.1, -0.05) is 55.2 Å². The van der Waals surface area contributed by atoms with Crippen LogP contribution in [0.15, 0.2) is 42.5 Å². The average molecular weight is 509 g/mol. The summed E-state index contributed by atoms with van der Waals surface area (Å²) in [5, 5.41) is 34.2. The molecule has 5 N–H and O–H groups in total. The Labute approximate surface area is 206 Å². The van der Waals surface area contributed by atoms with Crippen LogP contribution in [0.3, 0.4) is 0 Å². The van der Waals surface area contributed by atoms with Gasteiger partial charge in [0.2, 0.25) is 5.91 Å². The molecule has 1 saturated carbocycles. The molecule has 1 aliphatic rings. The zero-order valence-electron chi connectivity index (χ0n) is 18.6. The largest absolute Gasteiger partial charge is 0.480 e. The molecule has 1 aliphatic carbocycles. The summed E-state index contributed by atoms with van der Waals surface area (Å²) in [4.78, 5) is 36.9. The highest BCUT2D eigenvalue weighted by molar-refractivity contribution is 6.40. The Morgan fingerprint density at radius 2 is 1.65 bits per heavy atom. The molecular formula is C24H26Cl2N2O6. The van der Waals surface area contributed by atoms with Crippen molar-refractivity contribution in [1.29, 1.82) is 0 Å². The second-order valence-electron chi connectivity index (χ2n) is 8.98. The number of anilines is 1. The number of aliphatic hydroxyl groups is 2. The molecule has 0 heterocycles. The van der Waals surface area contributed by atoms with Crippen LogP contribution >= 0.6 is 23.2 Å². The molecule has 0 radical (unpaired) electrons. The minimum Gasteiger partial charge on any atom is -0.480 e. The van der Waals surface area contributed by atoms with Gasteiger partial charge < -0.3 is 26.0 Å². The van der Waals surface area contributed by atoms with Crippen LogP contribution in [0.2, 0.25) is 10.0 Å². The smallest absolute Gasteiger partial charge is 0.326 e. The summed E-state index contributed by atoms with van der Waals surface area (Å²) in [6, 6.07) is 10.1. The number of benzene rings is 2. The SMILES string of the molecule is CC1(C)C(C(=O)NC(Cc2ccc(NC(=O)c3c(Cl)cccc3Cl)cc2)C(=O)O)CC1C(O)O. The van der Waals surface area contributed by atoms with Crippen molar-refractivity contribution in [2.75, 3.05) is 5.32 Å². The molecule has 3 rings (SSSR count). The van der Waals surface area contributed by atoms with E-state index in [1.807, 2.05) is 0 Å². The van der Waals surface area contributed by atoms with E-state index in [4.69, 9.17) is 23.2 Å². The van der Waals surface area contributed by atoms with Crippen molar-refractivity contribution in [1.82, 2.24) is 5.32 Å². The van der Waals surface area contributed by atoms with Gasteiger partial charge in [0.15, 0.2) is 6.29 Å². The predicted molar refractivity (Wildman–Crippen MR) is 128 cm³/mol. The van der Waals surface area contributed by atoms with Crippen LogP contribution in [-0.2, 0) is 16.0 Å². The Morgan fingerprint density at radius 1 is 1.06 bits per heavy atom. The highest BCUT2D eigenvalue weighted by Gasteiger charge is 2.54. The maximum atomic E-state index is 12.7. The Bertz CT molecular complexity index is 1070. The lowest BCUT2D eigenvalue weighted by molar-refractivity contribution is -0.188. The molecule has 1 fully saturated rings. The molecule has 8 nitrogen and oxygen atoms in total. The van der Waals surface area contributed by atoms with E-state index in [-0.39, 0.29) is 28.5 Å².